The Morgan fingerprint density at radius 2 is 0.733 bits per heavy atom. The van der Waals surface area contributed by atoms with Crippen LogP contribution in [0.3, 0.4) is 0 Å². The first-order valence-corrected chi connectivity index (χ1v) is 3.72. The van der Waals surface area contributed by atoms with Gasteiger partial charge in [-0.2, -0.15) is 0 Å². The second-order valence-corrected chi connectivity index (χ2v) is 2.52. The van der Waals surface area contributed by atoms with Crippen molar-refractivity contribution in [1.82, 2.24) is 0 Å². The third kappa shape index (κ3) is 3.31. The van der Waals surface area contributed by atoms with Gasteiger partial charge in [0.05, 0.1) is 0 Å². The molecule has 0 aromatic heterocycles. The van der Waals surface area contributed by atoms with E-state index < -0.39 is 40.3 Å². The first kappa shape index (κ1) is 12.7. The zero-order valence-electron chi connectivity index (χ0n) is 6.96. The van der Waals surface area contributed by atoms with Crippen LogP contribution in [-0.2, 0) is 13.7 Å². The molecule has 0 aromatic carbocycles. The van der Waals surface area contributed by atoms with E-state index >= 15 is 0 Å². The quantitative estimate of drug-likeness (QED) is 0.536. The second-order valence-electron chi connectivity index (χ2n) is 2.52. The standard InChI is InChI=1S/C3H3B3F6O3/c7-1(8)4-13-5(2(9)10)15-6(14-4)3(11)12/h1-3H. The van der Waals surface area contributed by atoms with Gasteiger partial charge in [-0.05, 0) is 0 Å². The van der Waals surface area contributed by atoms with Gasteiger partial charge >= 0.3 is 21.4 Å². The highest BCUT2D eigenvalue weighted by atomic mass is 19.3. The Hall–Kier alpha value is -0.345. The number of alkyl halides is 6. The van der Waals surface area contributed by atoms with E-state index in [1.807, 2.05) is 0 Å². The van der Waals surface area contributed by atoms with Crippen LogP contribution < -0.4 is 0 Å². The maximum absolute atomic E-state index is 12.0. The summed E-state index contributed by atoms with van der Waals surface area (Å²) in [6, 6.07) is 0. The topological polar surface area (TPSA) is 27.7 Å². The van der Waals surface area contributed by atoms with Gasteiger partial charge in [-0.15, -0.1) is 0 Å². The fourth-order valence-electron chi connectivity index (χ4n) is 0.849. The zero-order chi connectivity index (χ0) is 11.6. The summed E-state index contributed by atoms with van der Waals surface area (Å²) in [5.74, 6) is 0. The monoisotopic (exact) mass is 234 g/mol. The van der Waals surface area contributed by atoms with Gasteiger partial charge in [0.15, 0.2) is 0 Å². The second kappa shape index (κ2) is 5.13. The van der Waals surface area contributed by atoms with Gasteiger partial charge in [0.2, 0.25) is 0 Å². The number of halogens is 6. The molecule has 0 atom stereocenters. The molecule has 1 aliphatic rings. The van der Waals surface area contributed by atoms with Gasteiger partial charge in [0.1, 0.15) is 0 Å². The van der Waals surface area contributed by atoms with Crippen LogP contribution in [0.4, 0.5) is 26.3 Å². The van der Waals surface area contributed by atoms with Crippen LogP contribution in [0, 0.1) is 0 Å². The van der Waals surface area contributed by atoms with E-state index in [1.54, 1.807) is 0 Å². The Morgan fingerprint density at radius 3 is 0.867 bits per heavy atom. The molecular formula is C3H3B3F6O3. The normalized spacial score (nSPS) is 18.6. The molecule has 1 aliphatic heterocycles. The molecule has 1 heterocycles. The lowest BCUT2D eigenvalue weighted by atomic mass is 9.70. The largest absolute Gasteiger partial charge is 0.502 e. The maximum Gasteiger partial charge on any atom is 0.502 e. The van der Waals surface area contributed by atoms with E-state index in [2.05, 4.69) is 13.7 Å². The first-order chi connectivity index (χ1) is 6.91. The lowest BCUT2D eigenvalue weighted by molar-refractivity contribution is 0.105. The third-order valence-corrected chi connectivity index (χ3v) is 1.42. The molecule has 0 aliphatic carbocycles. The molecule has 0 amide bonds. The third-order valence-electron chi connectivity index (χ3n) is 1.42. The Labute approximate surface area is 81.5 Å². The molecule has 0 N–H and O–H groups in total. The molecule has 1 fully saturated rings. The van der Waals surface area contributed by atoms with Gasteiger partial charge in [-0.3, -0.25) is 0 Å². The van der Waals surface area contributed by atoms with Gasteiger partial charge in [0.25, 0.3) is 19.0 Å². The van der Waals surface area contributed by atoms with Crippen LogP contribution in [0.15, 0.2) is 0 Å². The van der Waals surface area contributed by atoms with Crippen molar-refractivity contribution in [3.8, 4) is 0 Å². The summed E-state index contributed by atoms with van der Waals surface area (Å²) in [7, 11) is -7.30. The van der Waals surface area contributed by atoms with E-state index in [0.717, 1.165) is 0 Å². The van der Waals surface area contributed by atoms with E-state index in [1.165, 1.54) is 0 Å². The summed E-state index contributed by atoms with van der Waals surface area (Å²) in [5, 5.41) is 0. The van der Waals surface area contributed by atoms with Crippen molar-refractivity contribution < 1.29 is 40.1 Å². The van der Waals surface area contributed by atoms with E-state index in [-0.39, 0.29) is 0 Å². The first-order valence-electron chi connectivity index (χ1n) is 3.72. The molecule has 84 valence electrons. The lowest BCUT2D eigenvalue weighted by Gasteiger charge is -2.29. The van der Waals surface area contributed by atoms with Crippen molar-refractivity contribution in [2.75, 3.05) is 0 Å². The molecule has 1 rings (SSSR count). The molecular weight excluding hydrogens is 230 g/mol. The Morgan fingerprint density at radius 1 is 0.533 bits per heavy atom. The van der Waals surface area contributed by atoms with Gasteiger partial charge in [-0.25, -0.2) is 26.3 Å². The predicted octanol–water partition coefficient (Wildman–Crippen LogP) is 0.927. The highest BCUT2D eigenvalue weighted by Crippen LogP contribution is 2.20. The van der Waals surface area contributed by atoms with E-state index in [4.69, 9.17) is 0 Å². The van der Waals surface area contributed by atoms with Crippen molar-refractivity contribution >= 4 is 21.4 Å². The molecule has 12 heteroatoms. The Balaban J connectivity index is 2.64. The minimum absolute atomic E-state index is 2.43. The van der Waals surface area contributed by atoms with Gasteiger partial charge in [0, 0.05) is 0 Å². The average Bonchev–Trinajstić information content (AvgIpc) is 2.16. The van der Waals surface area contributed by atoms with Crippen LogP contribution in [0.5, 0.6) is 0 Å². The molecule has 3 nitrogen and oxygen atoms in total. The molecule has 0 spiro atoms. The minimum Gasteiger partial charge on any atom is -0.445 e. The Kier molecular flexibility index (Phi) is 4.35. The Bertz CT molecular complexity index is 168. The van der Waals surface area contributed by atoms with Crippen LogP contribution in [0.2, 0.25) is 0 Å². The van der Waals surface area contributed by atoms with E-state index in [9.17, 15) is 26.3 Å². The van der Waals surface area contributed by atoms with Crippen molar-refractivity contribution in [3.63, 3.8) is 0 Å². The molecule has 0 saturated carbocycles. The average molecular weight is 233 g/mol. The van der Waals surface area contributed by atoms with E-state index in [0.29, 0.717) is 0 Å². The summed E-state index contributed by atoms with van der Waals surface area (Å²) in [6.45, 7) is 0. The van der Waals surface area contributed by atoms with Crippen LogP contribution in [0.25, 0.3) is 0 Å². The molecule has 0 bridgehead atoms. The fourth-order valence-corrected chi connectivity index (χ4v) is 0.849. The lowest BCUT2D eigenvalue weighted by Crippen LogP contribution is -2.57. The number of hydrogen-bond acceptors (Lipinski definition) is 3. The number of hydrogen-bond donors (Lipinski definition) is 0. The summed E-state index contributed by atoms with van der Waals surface area (Å²) >= 11 is 0. The molecule has 0 aromatic rings. The van der Waals surface area contributed by atoms with Crippen molar-refractivity contribution in [2.45, 2.75) is 19.0 Å². The zero-order valence-corrected chi connectivity index (χ0v) is 6.96. The molecule has 0 unspecified atom stereocenters. The van der Waals surface area contributed by atoms with Crippen LogP contribution in [0.1, 0.15) is 0 Å². The van der Waals surface area contributed by atoms with Crippen molar-refractivity contribution in [1.29, 1.82) is 0 Å². The highest BCUT2D eigenvalue weighted by molar-refractivity contribution is 6.74. The molecule has 0 radical (unpaired) electrons. The van der Waals surface area contributed by atoms with Crippen LogP contribution >= 0.6 is 0 Å². The van der Waals surface area contributed by atoms with Crippen molar-refractivity contribution in [2.24, 2.45) is 0 Å². The summed E-state index contributed by atoms with van der Waals surface area (Å²) in [5.41, 5.74) is 0. The smallest absolute Gasteiger partial charge is 0.445 e. The maximum atomic E-state index is 12.0. The summed E-state index contributed by atoms with van der Waals surface area (Å²) in [4.78, 5) is 0. The van der Waals surface area contributed by atoms with Crippen LogP contribution in [-0.4, -0.2) is 40.3 Å². The van der Waals surface area contributed by atoms with Gasteiger partial charge < -0.3 is 13.7 Å². The molecule has 15 heavy (non-hydrogen) atoms. The SMILES string of the molecule is FC(F)B1OB(C(F)F)OB(C(F)F)O1. The minimum atomic E-state index is -3.31. The highest BCUT2D eigenvalue weighted by Gasteiger charge is 2.52. The fraction of sp³-hybridized carbons (Fsp3) is 1.00. The van der Waals surface area contributed by atoms with Gasteiger partial charge in [-0.1, -0.05) is 0 Å². The summed E-state index contributed by atoms with van der Waals surface area (Å²) in [6.07, 6.45) is -9.93. The summed E-state index contributed by atoms with van der Waals surface area (Å²) < 4.78 is 83.7. The number of rotatable bonds is 3. The molecule has 1 saturated heterocycles. The van der Waals surface area contributed by atoms with Crippen molar-refractivity contribution in [3.05, 3.63) is 0 Å². The predicted molar refractivity (Wildman–Crippen MR) is 38.5 cm³/mol.